The van der Waals surface area contributed by atoms with Crippen molar-refractivity contribution in [2.75, 3.05) is 50.1 Å². The van der Waals surface area contributed by atoms with Crippen molar-refractivity contribution in [2.24, 2.45) is 14.1 Å². The lowest BCUT2D eigenvalue weighted by Gasteiger charge is -2.24. The molecular formula is C47H64N12O2. The SMILES string of the molecule is CCc1cc(CNC2CCN(C(=O)OC(C)(C)C)C2)ccc1N(C)c1cc2c(cn1)ncn2C.CCc1cc(CNC2CCNC2)ccc1N(C)c1cc2c(cn1)ncn2C. The molecule has 0 aliphatic carbocycles. The number of likely N-dealkylation sites (tertiary alicyclic amines) is 1. The van der Waals surface area contributed by atoms with E-state index in [1.807, 2.05) is 69.0 Å². The quantitative estimate of drug-likeness (QED) is 0.116. The molecule has 4 aromatic heterocycles. The number of rotatable bonds is 12. The Labute approximate surface area is 360 Å². The summed E-state index contributed by atoms with van der Waals surface area (Å²) in [5.41, 5.74) is 11.1. The zero-order valence-corrected chi connectivity index (χ0v) is 37.5. The number of amides is 1. The minimum absolute atomic E-state index is 0.226. The summed E-state index contributed by atoms with van der Waals surface area (Å²) in [5.74, 6) is 1.83. The Balaban J connectivity index is 0.000000189. The topological polar surface area (TPSA) is 134 Å². The molecule has 0 radical (unpaired) electrons. The zero-order chi connectivity index (χ0) is 43.3. The van der Waals surface area contributed by atoms with E-state index in [1.165, 1.54) is 34.4 Å². The molecule has 2 unspecified atom stereocenters. The van der Waals surface area contributed by atoms with Crippen LogP contribution in [0.1, 0.15) is 69.7 Å². The first kappa shape index (κ1) is 43.5. The van der Waals surface area contributed by atoms with Gasteiger partial charge in [-0.15, -0.1) is 0 Å². The summed E-state index contributed by atoms with van der Waals surface area (Å²) >= 11 is 0. The van der Waals surface area contributed by atoms with E-state index in [2.05, 4.69) is 122 Å². The number of nitrogens with one attached hydrogen (secondary N) is 3. The third kappa shape index (κ3) is 10.5. The number of aryl methyl sites for hydroxylation is 4. The monoisotopic (exact) mass is 829 g/mol. The largest absolute Gasteiger partial charge is 0.444 e. The molecule has 14 nitrogen and oxygen atoms in total. The van der Waals surface area contributed by atoms with Crippen molar-refractivity contribution < 1.29 is 9.53 Å². The number of benzene rings is 2. The molecule has 1 amide bonds. The number of pyridine rings is 2. The Morgan fingerprint density at radius 2 is 1.30 bits per heavy atom. The van der Waals surface area contributed by atoms with E-state index in [-0.39, 0.29) is 12.1 Å². The highest BCUT2D eigenvalue weighted by Crippen LogP contribution is 2.31. The van der Waals surface area contributed by atoms with Crippen molar-refractivity contribution in [2.45, 2.75) is 91.1 Å². The highest BCUT2D eigenvalue weighted by Gasteiger charge is 2.29. The van der Waals surface area contributed by atoms with E-state index in [1.54, 1.807) is 4.90 Å². The van der Waals surface area contributed by atoms with Gasteiger partial charge in [0.1, 0.15) is 28.3 Å². The first-order valence-electron chi connectivity index (χ1n) is 21.7. The Morgan fingerprint density at radius 1 is 0.770 bits per heavy atom. The maximum absolute atomic E-state index is 12.3. The predicted octanol–water partition coefficient (Wildman–Crippen LogP) is 7.15. The number of aromatic nitrogens is 6. The smallest absolute Gasteiger partial charge is 0.410 e. The summed E-state index contributed by atoms with van der Waals surface area (Å²) in [6.45, 7) is 15.4. The minimum atomic E-state index is -0.465. The van der Waals surface area contributed by atoms with Gasteiger partial charge in [0.05, 0.1) is 36.1 Å². The fraction of sp³-hybridized carbons (Fsp3) is 0.468. The maximum Gasteiger partial charge on any atom is 0.410 e. The molecule has 61 heavy (non-hydrogen) atoms. The molecule has 6 heterocycles. The van der Waals surface area contributed by atoms with E-state index in [9.17, 15) is 4.79 Å². The molecular weight excluding hydrogens is 765 g/mol. The average molecular weight is 829 g/mol. The van der Waals surface area contributed by atoms with Crippen LogP contribution in [0.3, 0.4) is 0 Å². The van der Waals surface area contributed by atoms with E-state index in [4.69, 9.17) is 4.74 Å². The summed E-state index contributed by atoms with van der Waals surface area (Å²) in [6.07, 6.45) is 11.2. The molecule has 2 aliphatic rings. The Kier molecular flexibility index (Phi) is 13.6. The fourth-order valence-electron chi connectivity index (χ4n) is 8.14. The second-order valence-corrected chi connectivity index (χ2v) is 17.4. The molecule has 0 bridgehead atoms. The maximum atomic E-state index is 12.3. The Hall–Kier alpha value is -5.57. The van der Waals surface area contributed by atoms with Gasteiger partial charge >= 0.3 is 6.09 Å². The summed E-state index contributed by atoms with van der Waals surface area (Å²) in [6, 6.07) is 18.4. The molecule has 2 saturated heterocycles. The third-order valence-corrected chi connectivity index (χ3v) is 11.7. The van der Waals surface area contributed by atoms with Gasteiger partial charge < -0.3 is 44.5 Å². The first-order valence-corrected chi connectivity index (χ1v) is 21.7. The molecule has 2 aliphatic heterocycles. The number of fused-ring (bicyclic) bond motifs is 2. The molecule has 324 valence electrons. The summed E-state index contributed by atoms with van der Waals surface area (Å²) in [4.78, 5) is 36.4. The number of carbonyl (C=O) groups is 1. The van der Waals surface area contributed by atoms with Gasteiger partial charge in [-0.05, 0) is 87.4 Å². The molecule has 2 aromatic carbocycles. The predicted molar refractivity (Wildman–Crippen MR) is 246 cm³/mol. The van der Waals surface area contributed by atoms with Crippen molar-refractivity contribution in [1.29, 1.82) is 0 Å². The first-order chi connectivity index (χ1) is 29.3. The standard InChI is InChI=1S/C26H36N6O2.C21H28N6/c1-7-19-12-18(14-27-20-10-11-32(16-20)25(33)34-26(2,3)4)8-9-22(19)31(6)24-13-23-21(15-28-24)29-17-30(23)5;1-4-16-9-15(11-23-17-7-8-22-12-17)5-6-19(16)27(3)21-10-20-18(13-24-21)25-14-26(20)2/h8-9,12-13,15,17,20,27H,7,10-11,14,16H2,1-6H3;5-6,9-10,13-14,17,22-23H,4,7-8,11-12H2,1-3H3. The van der Waals surface area contributed by atoms with Gasteiger partial charge in [0, 0.05) is 96.5 Å². The summed E-state index contributed by atoms with van der Waals surface area (Å²) in [5, 5.41) is 10.7. The van der Waals surface area contributed by atoms with Crippen LogP contribution in [0, 0.1) is 0 Å². The Morgan fingerprint density at radius 3 is 1.77 bits per heavy atom. The number of ether oxygens (including phenoxy) is 1. The fourth-order valence-corrected chi connectivity index (χ4v) is 8.14. The van der Waals surface area contributed by atoms with Crippen LogP contribution < -0.4 is 25.8 Å². The summed E-state index contributed by atoms with van der Waals surface area (Å²) < 4.78 is 9.55. The van der Waals surface area contributed by atoms with Crippen molar-refractivity contribution in [1.82, 2.24) is 49.9 Å². The molecule has 0 spiro atoms. The van der Waals surface area contributed by atoms with E-state index < -0.39 is 5.60 Å². The number of nitrogens with zero attached hydrogens (tertiary/aromatic N) is 9. The van der Waals surface area contributed by atoms with Crippen LogP contribution in [0.5, 0.6) is 0 Å². The minimum Gasteiger partial charge on any atom is -0.444 e. The van der Waals surface area contributed by atoms with Crippen LogP contribution in [-0.2, 0) is 44.8 Å². The van der Waals surface area contributed by atoms with Gasteiger partial charge in [0.25, 0.3) is 0 Å². The zero-order valence-electron chi connectivity index (χ0n) is 37.5. The van der Waals surface area contributed by atoms with Crippen molar-refractivity contribution in [3.63, 3.8) is 0 Å². The molecule has 2 atom stereocenters. The average Bonchev–Trinajstić information content (AvgIpc) is 4.10. The number of anilines is 4. The van der Waals surface area contributed by atoms with Crippen LogP contribution in [0.4, 0.5) is 27.8 Å². The normalized spacial score (nSPS) is 16.6. The number of imidazole rings is 2. The second kappa shape index (κ2) is 19.0. The van der Waals surface area contributed by atoms with Gasteiger partial charge in [0.2, 0.25) is 0 Å². The lowest BCUT2D eigenvalue weighted by Crippen LogP contribution is -2.38. The van der Waals surface area contributed by atoms with Crippen molar-refractivity contribution in [3.05, 3.63) is 95.8 Å². The number of carbonyl (C=O) groups excluding carboxylic acids is 1. The third-order valence-electron chi connectivity index (χ3n) is 11.7. The molecule has 0 saturated carbocycles. The summed E-state index contributed by atoms with van der Waals surface area (Å²) in [7, 11) is 8.15. The highest BCUT2D eigenvalue weighted by molar-refractivity contribution is 5.80. The molecule has 3 N–H and O–H groups in total. The van der Waals surface area contributed by atoms with Crippen molar-refractivity contribution >= 4 is 51.2 Å². The lowest BCUT2D eigenvalue weighted by atomic mass is 10.0. The molecule has 14 heteroatoms. The molecule has 8 rings (SSSR count). The van der Waals surface area contributed by atoms with Gasteiger partial charge in [0.15, 0.2) is 0 Å². The van der Waals surface area contributed by atoms with E-state index >= 15 is 0 Å². The second-order valence-electron chi connectivity index (χ2n) is 17.4. The van der Waals surface area contributed by atoms with Gasteiger partial charge in [-0.25, -0.2) is 24.7 Å². The highest BCUT2D eigenvalue weighted by atomic mass is 16.6. The lowest BCUT2D eigenvalue weighted by molar-refractivity contribution is 0.0291. The van der Waals surface area contributed by atoms with Crippen LogP contribution in [0.25, 0.3) is 22.1 Å². The van der Waals surface area contributed by atoms with Crippen molar-refractivity contribution in [3.8, 4) is 0 Å². The molecule has 2 fully saturated rings. The number of hydrogen-bond donors (Lipinski definition) is 3. The van der Waals surface area contributed by atoms with E-state index in [0.29, 0.717) is 12.6 Å². The van der Waals surface area contributed by atoms with Crippen LogP contribution in [0.2, 0.25) is 0 Å². The van der Waals surface area contributed by atoms with Crippen LogP contribution in [-0.4, -0.2) is 98.0 Å². The Bertz CT molecular complexity index is 2430. The van der Waals surface area contributed by atoms with Crippen LogP contribution in [0.15, 0.2) is 73.6 Å². The van der Waals surface area contributed by atoms with Gasteiger partial charge in [-0.1, -0.05) is 38.1 Å². The number of hydrogen-bond acceptors (Lipinski definition) is 11. The molecule has 6 aromatic rings. The van der Waals surface area contributed by atoms with E-state index in [0.717, 1.165) is 91.4 Å². The van der Waals surface area contributed by atoms with Gasteiger partial charge in [-0.2, -0.15) is 0 Å². The van der Waals surface area contributed by atoms with Crippen LogP contribution >= 0.6 is 0 Å². The van der Waals surface area contributed by atoms with Gasteiger partial charge in [-0.3, -0.25) is 0 Å².